The molecule has 0 aliphatic carbocycles. The van der Waals surface area contributed by atoms with Crippen molar-refractivity contribution in [3.63, 3.8) is 0 Å². The molecule has 1 aliphatic rings. The van der Waals surface area contributed by atoms with Crippen LogP contribution in [0.15, 0.2) is 12.1 Å². The summed E-state index contributed by atoms with van der Waals surface area (Å²) in [6.07, 6.45) is 5.01. The SMILES string of the molecule is COCCC[C@@H]1CCCCN1C(=O)Nc1cc(C)c(F)cc1Cl. The number of hydrogen-bond donors (Lipinski definition) is 1. The van der Waals surface area contributed by atoms with E-state index in [1.54, 1.807) is 20.1 Å². The van der Waals surface area contributed by atoms with Crippen molar-refractivity contribution in [3.8, 4) is 0 Å². The quantitative estimate of drug-likeness (QED) is 0.794. The van der Waals surface area contributed by atoms with E-state index in [1.165, 1.54) is 6.07 Å². The van der Waals surface area contributed by atoms with Crippen LogP contribution in [0.3, 0.4) is 0 Å². The summed E-state index contributed by atoms with van der Waals surface area (Å²) in [5.41, 5.74) is 0.914. The second-order valence-corrected chi connectivity index (χ2v) is 6.40. The van der Waals surface area contributed by atoms with E-state index in [0.29, 0.717) is 17.9 Å². The van der Waals surface area contributed by atoms with Gasteiger partial charge in [-0.15, -0.1) is 0 Å². The third-order valence-electron chi connectivity index (χ3n) is 4.26. The molecule has 2 amide bonds. The number of hydrogen-bond acceptors (Lipinski definition) is 2. The molecule has 1 saturated heterocycles. The van der Waals surface area contributed by atoms with E-state index in [-0.39, 0.29) is 22.9 Å². The molecule has 0 radical (unpaired) electrons. The fourth-order valence-corrected chi connectivity index (χ4v) is 3.17. The number of benzene rings is 1. The lowest BCUT2D eigenvalue weighted by atomic mass is 9.98. The van der Waals surface area contributed by atoms with Gasteiger partial charge >= 0.3 is 6.03 Å². The largest absolute Gasteiger partial charge is 0.385 e. The maximum atomic E-state index is 13.5. The van der Waals surface area contributed by atoms with Crippen LogP contribution in [0.5, 0.6) is 0 Å². The molecule has 1 atom stereocenters. The van der Waals surface area contributed by atoms with Gasteiger partial charge < -0.3 is 15.0 Å². The minimum absolute atomic E-state index is 0.167. The summed E-state index contributed by atoms with van der Waals surface area (Å²) in [5.74, 6) is -0.372. The van der Waals surface area contributed by atoms with E-state index >= 15 is 0 Å². The number of rotatable bonds is 5. The number of amides is 2. The highest BCUT2D eigenvalue weighted by molar-refractivity contribution is 6.33. The first kappa shape index (κ1) is 18.0. The Morgan fingerprint density at radius 1 is 1.48 bits per heavy atom. The Labute approximate surface area is 141 Å². The summed E-state index contributed by atoms with van der Waals surface area (Å²) in [4.78, 5) is 14.5. The predicted molar refractivity (Wildman–Crippen MR) is 90.6 cm³/mol. The van der Waals surface area contributed by atoms with Crippen LogP contribution in [0.4, 0.5) is 14.9 Å². The zero-order valence-electron chi connectivity index (χ0n) is 13.7. The molecule has 6 heteroatoms. The summed E-state index contributed by atoms with van der Waals surface area (Å²) < 4.78 is 18.6. The maximum absolute atomic E-state index is 13.5. The van der Waals surface area contributed by atoms with Crippen LogP contribution < -0.4 is 5.32 Å². The molecule has 4 nitrogen and oxygen atoms in total. The molecule has 1 aromatic rings. The number of aryl methyl sites for hydroxylation is 1. The Morgan fingerprint density at radius 3 is 3.00 bits per heavy atom. The molecule has 23 heavy (non-hydrogen) atoms. The number of urea groups is 1. The Balaban J connectivity index is 2.04. The van der Waals surface area contributed by atoms with Crippen LogP contribution in [0.1, 0.15) is 37.7 Å². The first-order valence-corrected chi connectivity index (χ1v) is 8.43. The number of halogens is 2. The number of likely N-dealkylation sites (tertiary alicyclic amines) is 1. The Morgan fingerprint density at radius 2 is 2.26 bits per heavy atom. The highest BCUT2D eigenvalue weighted by atomic mass is 35.5. The van der Waals surface area contributed by atoms with Gasteiger partial charge in [0.15, 0.2) is 0 Å². The minimum Gasteiger partial charge on any atom is -0.385 e. The van der Waals surface area contributed by atoms with E-state index in [2.05, 4.69) is 5.32 Å². The van der Waals surface area contributed by atoms with Crippen LogP contribution in [-0.4, -0.2) is 37.2 Å². The number of nitrogens with one attached hydrogen (secondary N) is 1. The van der Waals surface area contributed by atoms with Crippen LogP contribution >= 0.6 is 11.6 Å². The highest BCUT2D eigenvalue weighted by Gasteiger charge is 2.26. The third-order valence-corrected chi connectivity index (χ3v) is 4.58. The average Bonchev–Trinajstić information content (AvgIpc) is 2.53. The molecule has 1 fully saturated rings. The van der Waals surface area contributed by atoms with Crippen LogP contribution in [0.2, 0.25) is 5.02 Å². The number of ether oxygens (including phenoxy) is 1. The van der Waals surface area contributed by atoms with E-state index in [0.717, 1.165) is 38.6 Å². The predicted octanol–water partition coefficient (Wildman–Crippen LogP) is 4.60. The molecule has 1 heterocycles. The second kappa shape index (κ2) is 8.50. The van der Waals surface area contributed by atoms with E-state index in [4.69, 9.17) is 16.3 Å². The Kier molecular flexibility index (Phi) is 6.66. The standard InChI is InChI=1S/C17H24ClFN2O2/c1-12-10-16(14(18)11-15(12)19)20-17(22)21-8-4-3-6-13(21)7-5-9-23-2/h10-11,13H,3-9H2,1-2H3,(H,20,22)/t13-/m0/s1. The molecule has 1 aromatic carbocycles. The third kappa shape index (κ3) is 4.82. The van der Waals surface area contributed by atoms with Gasteiger partial charge in [-0.3, -0.25) is 0 Å². The number of carbonyl (C=O) groups excluding carboxylic acids is 1. The summed E-state index contributed by atoms with van der Waals surface area (Å²) in [6.45, 7) is 3.09. The zero-order valence-corrected chi connectivity index (χ0v) is 14.5. The molecule has 128 valence electrons. The number of nitrogens with zero attached hydrogens (tertiary/aromatic N) is 1. The van der Waals surface area contributed by atoms with E-state index in [9.17, 15) is 9.18 Å². The van der Waals surface area contributed by atoms with Crippen LogP contribution in [-0.2, 0) is 4.74 Å². The van der Waals surface area contributed by atoms with Crippen molar-refractivity contribution in [2.45, 2.75) is 45.1 Å². The maximum Gasteiger partial charge on any atom is 0.322 e. The van der Waals surface area contributed by atoms with Gasteiger partial charge in [0.2, 0.25) is 0 Å². The molecule has 0 spiro atoms. The van der Waals surface area contributed by atoms with Gasteiger partial charge in [-0.2, -0.15) is 0 Å². The molecular weight excluding hydrogens is 319 g/mol. The number of methoxy groups -OCH3 is 1. The van der Waals surface area contributed by atoms with Crippen molar-refractivity contribution in [2.24, 2.45) is 0 Å². The van der Waals surface area contributed by atoms with Gasteiger partial charge in [0, 0.05) is 26.3 Å². The number of anilines is 1. The monoisotopic (exact) mass is 342 g/mol. The fourth-order valence-electron chi connectivity index (χ4n) is 2.97. The van der Waals surface area contributed by atoms with Gasteiger partial charge in [-0.25, -0.2) is 9.18 Å². The van der Waals surface area contributed by atoms with E-state index in [1.807, 2.05) is 4.90 Å². The van der Waals surface area contributed by atoms with E-state index < -0.39 is 0 Å². The summed E-state index contributed by atoms with van der Waals surface area (Å²) in [5, 5.41) is 3.04. The summed E-state index contributed by atoms with van der Waals surface area (Å²) in [6, 6.07) is 2.86. The van der Waals surface area contributed by atoms with Gasteiger partial charge in [-0.05, 0) is 56.7 Å². The van der Waals surface area contributed by atoms with Gasteiger partial charge in [0.05, 0.1) is 10.7 Å². The lowest BCUT2D eigenvalue weighted by Gasteiger charge is -2.36. The van der Waals surface area contributed by atoms with Crippen molar-refractivity contribution in [2.75, 3.05) is 25.6 Å². The summed E-state index contributed by atoms with van der Waals surface area (Å²) >= 11 is 6.03. The Bertz CT molecular complexity index is 554. The van der Waals surface area contributed by atoms with Crippen LogP contribution in [0.25, 0.3) is 0 Å². The molecule has 0 unspecified atom stereocenters. The van der Waals surface area contributed by atoms with Crippen molar-refractivity contribution >= 4 is 23.3 Å². The second-order valence-electron chi connectivity index (χ2n) is 5.99. The molecule has 2 rings (SSSR count). The molecule has 1 aliphatic heterocycles. The number of carbonyl (C=O) groups is 1. The lowest BCUT2D eigenvalue weighted by molar-refractivity contribution is 0.141. The van der Waals surface area contributed by atoms with Crippen molar-refractivity contribution < 1.29 is 13.9 Å². The number of piperidine rings is 1. The topological polar surface area (TPSA) is 41.6 Å². The van der Waals surface area contributed by atoms with Crippen molar-refractivity contribution in [1.29, 1.82) is 0 Å². The molecule has 1 N–H and O–H groups in total. The Hall–Kier alpha value is -1.33. The van der Waals surface area contributed by atoms with Gasteiger partial charge in [0.1, 0.15) is 5.82 Å². The highest BCUT2D eigenvalue weighted by Crippen LogP contribution is 2.27. The van der Waals surface area contributed by atoms with Crippen LogP contribution in [0, 0.1) is 12.7 Å². The average molecular weight is 343 g/mol. The smallest absolute Gasteiger partial charge is 0.322 e. The molecule has 0 aromatic heterocycles. The molecule has 0 bridgehead atoms. The zero-order chi connectivity index (χ0) is 16.8. The van der Waals surface area contributed by atoms with Crippen molar-refractivity contribution in [1.82, 2.24) is 4.90 Å². The lowest BCUT2D eigenvalue weighted by Crippen LogP contribution is -2.46. The fraction of sp³-hybridized carbons (Fsp3) is 0.588. The van der Waals surface area contributed by atoms with Crippen molar-refractivity contribution in [3.05, 3.63) is 28.5 Å². The molecule has 0 saturated carbocycles. The molecular formula is C17H24ClFN2O2. The first-order valence-electron chi connectivity index (χ1n) is 8.05. The first-order chi connectivity index (χ1) is 11.0. The van der Waals surface area contributed by atoms with Gasteiger partial charge in [0.25, 0.3) is 0 Å². The summed E-state index contributed by atoms with van der Waals surface area (Å²) in [7, 11) is 1.68. The minimum atomic E-state index is -0.372. The normalized spacial score (nSPS) is 18.1. The van der Waals surface area contributed by atoms with Gasteiger partial charge in [-0.1, -0.05) is 11.6 Å².